The number of benzene rings is 1. The molecule has 1 aliphatic rings. The first-order valence-corrected chi connectivity index (χ1v) is 8.13. The standard InChI is InChI=1S/C17H24F3N3O2/c1-16(2,11-23-15(21-3)22-7-6-17(18,19)20)12-4-5-13-14(10-12)25-9-8-24-13/h4-5,10H,6-9,11H2,1-3H3,(H2,21,22,23). The molecule has 0 bridgehead atoms. The lowest BCUT2D eigenvalue weighted by molar-refractivity contribution is -0.132. The fourth-order valence-electron chi connectivity index (χ4n) is 2.41. The number of guanidine groups is 1. The van der Waals surface area contributed by atoms with Crippen molar-refractivity contribution in [1.29, 1.82) is 0 Å². The first-order valence-electron chi connectivity index (χ1n) is 8.13. The van der Waals surface area contributed by atoms with Crippen molar-refractivity contribution in [2.75, 3.05) is 33.4 Å². The van der Waals surface area contributed by atoms with Gasteiger partial charge >= 0.3 is 6.18 Å². The van der Waals surface area contributed by atoms with E-state index in [1.54, 1.807) is 0 Å². The normalized spacial score (nSPS) is 15.0. The Hall–Kier alpha value is -2.12. The van der Waals surface area contributed by atoms with Crippen LogP contribution in [0.3, 0.4) is 0 Å². The second-order valence-electron chi connectivity index (χ2n) is 6.46. The van der Waals surface area contributed by atoms with Crippen LogP contribution in [0.25, 0.3) is 0 Å². The average Bonchev–Trinajstić information content (AvgIpc) is 2.56. The molecule has 0 aromatic heterocycles. The molecule has 0 fully saturated rings. The van der Waals surface area contributed by atoms with Crippen molar-refractivity contribution in [2.24, 2.45) is 4.99 Å². The van der Waals surface area contributed by atoms with E-state index in [-0.39, 0.29) is 12.0 Å². The molecule has 1 heterocycles. The van der Waals surface area contributed by atoms with Crippen LogP contribution in [-0.2, 0) is 5.41 Å². The Balaban J connectivity index is 1.93. The van der Waals surface area contributed by atoms with E-state index >= 15 is 0 Å². The lowest BCUT2D eigenvalue weighted by Gasteiger charge is -2.28. The molecule has 0 radical (unpaired) electrons. The Labute approximate surface area is 145 Å². The highest BCUT2D eigenvalue weighted by Crippen LogP contribution is 2.34. The van der Waals surface area contributed by atoms with Gasteiger partial charge in [0, 0.05) is 25.6 Å². The Bertz CT molecular complexity index is 616. The van der Waals surface area contributed by atoms with Crippen molar-refractivity contribution in [3.8, 4) is 11.5 Å². The monoisotopic (exact) mass is 359 g/mol. The van der Waals surface area contributed by atoms with Crippen LogP contribution in [0.15, 0.2) is 23.2 Å². The molecule has 0 spiro atoms. The lowest BCUT2D eigenvalue weighted by atomic mass is 9.84. The van der Waals surface area contributed by atoms with Gasteiger partial charge in [0.1, 0.15) is 13.2 Å². The largest absolute Gasteiger partial charge is 0.486 e. The second-order valence-corrected chi connectivity index (χ2v) is 6.46. The highest BCUT2D eigenvalue weighted by Gasteiger charge is 2.27. The van der Waals surface area contributed by atoms with E-state index in [1.807, 2.05) is 32.0 Å². The molecule has 2 N–H and O–H groups in total. The predicted molar refractivity (Wildman–Crippen MR) is 90.5 cm³/mol. The number of ether oxygens (including phenoxy) is 2. The number of hydrogen-bond acceptors (Lipinski definition) is 3. The summed E-state index contributed by atoms with van der Waals surface area (Å²) in [6, 6.07) is 5.78. The third-order valence-corrected chi connectivity index (χ3v) is 3.95. The zero-order chi connectivity index (χ0) is 18.5. The summed E-state index contributed by atoms with van der Waals surface area (Å²) in [4.78, 5) is 3.96. The minimum absolute atomic E-state index is 0.215. The minimum atomic E-state index is -4.18. The van der Waals surface area contributed by atoms with Gasteiger partial charge in [0.05, 0.1) is 6.42 Å². The van der Waals surface area contributed by atoms with Crippen molar-refractivity contribution in [1.82, 2.24) is 10.6 Å². The van der Waals surface area contributed by atoms with Crippen LogP contribution in [0.2, 0.25) is 0 Å². The molecular formula is C17H24F3N3O2. The third-order valence-electron chi connectivity index (χ3n) is 3.95. The molecule has 2 rings (SSSR count). The Kier molecular flexibility index (Phi) is 6.02. The molecule has 0 saturated heterocycles. The highest BCUT2D eigenvalue weighted by atomic mass is 19.4. The zero-order valence-electron chi connectivity index (χ0n) is 14.7. The smallest absolute Gasteiger partial charge is 0.390 e. The summed E-state index contributed by atoms with van der Waals surface area (Å²) in [5.74, 6) is 1.78. The van der Waals surface area contributed by atoms with E-state index in [1.165, 1.54) is 7.05 Å². The lowest BCUT2D eigenvalue weighted by Crippen LogP contribution is -2.44. The van der Waals surface area contributed by atoms with Gasteiger partial charge in [-0.1, -0.05) is 19.9 Å². The van der Waals surface area contributed by atoms with Crippen LogP contribution in [0, 0.1) is 0 Å². The Morgan fingerprint density at radius 2 is 1.80 bits per heavy atom. The maximum absolute atomic E-state index is 12.2. The first kappa shape index (κ1) is 19.2. The summed E-state index contributed by atoms with van der Waals surface area (Å²) in [5.41, 5.74) is 0.757. The van der Waals surface area contributed by atoms with Gasteiger partial charge in [-0.2, -0.15) is 13.2 Å². The van der Waals surface area contributed by atoms with Gasteiger partial charge in [-0.15, -0.1) is 0 Å². The average molecular weight is 359 g/mol. The molecule has 1 aromatic rings. The van der Waals surface area contributed by atoms with Crippen LogP contribution in [0.1, 0.15) is 25.8 Å². The van der Waals surface area contributed by atoms with E-state index in [0.717, 1.165) is 11.3 Å². The quantitative estimate of drug-likeness (QED) is 0.627. The summed E-state index contributed by atoms with van der Waals surface area (Å²) in [5, 5.41) is 5.75. The summed E-state index contributed by atoms with van der Waals surface area (Å²) >= 11 is 0. The minimum Gasteiger partial charge on any atom is -0.486 e. The second kappa shape index (κ2) is 7.84. The van der Waals surface area contributed by atoms with E-state index in [9.17, 15) is 13.2 Å². The molecule has 140 valence electrons. The van der Waals surface area contributed by atoms with Gasteiger partial charge in [0.25, 0.3) is 0 Å². The van der Waals surface area contributed by atoms with Gasteiger partial charge in [-0.3, -0.25) is 4.99 Å². The maximum Gasteiger partial charge on any atom is 0.390 e. The summed E-state index contributed by atoms with van der Waals surface area (Å²) in [7, 11) is 1.53. The number of halogens is 3. The van der Waals surface area contributed by atoms with E-state index in [2.05, 4.69) is 15.6 Å². The molecule has 0 aliphatic carbocycles. The number of alkyl halides is 3. The summed E-state index contributed by atoms with van der Waals surface area (Å²) in [6.07, 6.45) is -5.09. The van der Waals surface area contributed by atoms with Crippen LogP contribution < -0.4 is 20.1 Å². The van der Waals surface area contributed by atoms with Crippen LogP contribution in [0.4, 0.5) is 13.2 Å². The third kappa shape index (κ3) is 5.72. The van der Waals surface area contributed by atoms with Crippen molar-refractivity contribution < 1.29 is 22.6 Å². The van der Waals surface area contributed by atoms with Crippen molar-refractivity contribution in [2.45, 2.75) is 31.9 Å². The van der Waals surface area contributed by atoms with Gasteiger partial charge in [-0.05, 0) is 17.7 Å². The molecule has 0 amide bonds. The van der Waals surface area contributed by atoms with Crippen molar-refractivity contribution in [3.63, 3.8) is 0 Å². The summed E-state index contributed by atoms with van der Waals surface area (Å²) in [6.45, 7) is 5.41. The molecule has 0 unspecified atom stereocenters. The van der Waals surface area contributed by atoms with Crippen molar-refractivity contribution >= 4 is 5.96 Å². The predicted octanol–water partition coefficient (Wildman–Crippen LogP) is 2.85. The molecular weight excluding hydrogens is 335 g/mol. The van der Waals surface area contributed by atoms with Crippen LogP contribution >= 0.6 is 0 Å². The molecule has 5 nitrogen and oxygen atoms in total. The fourth-order valence-corrected chi connectivity index (χ4v) is 2.41. The molecule has 0 saturated carbocycles. The number of aliphatic imine (C=N–C) groups is 1. The van der Waals surface area contributed by atoms with E-state index in [0.29, 0.717) is 31.5 Å². The number of hydrogen-bond donors (Lipinski definition) is 2. The molecule has 1 aromatic carbocycles. The fraction of sp³-hybridized carbons (Fsp3) is 0.588. The van der Waals surface area contributed by atoms with Gasteiger partial charge in [0.15, 0.2) is 17.5 Å². The zero-order valence-corrected chi connectivity index (χ0v) is 14.7. The maximum atomic E-state index is 12.2. The van der Waals surface area contributed by atoms with Gasteiger partial charge < -0.3 is 20.1 Å². The van der Waals surface area contributed by atoms with E-state index < -0.39 is 12.6 Å². The van der Waals surface area contributed by atoms with Gasteiger partial charge in [-0.25, -0.2) is 0 Å². The number of fused-ring (bicyclic) bond motifs is 1. The topological polar surface area (TPSA) is 54.9 Å². The Morgan fingerprint density at radius 1 is 1.12 bits per heavy atom. The van der Waals surface area contributed by atoms with Crippen molar-refractivity contribution in [3.05, 3.63) is 23.8 Å². The summed E-state index contributed by atoms with van der Waals surface area (Å²) < 4.78 is 47.8. The number of rotatable bonds is 5. The first-order chi connectivity index (χ1) is 11.7. The van der Waals surface area contributed by atoms with Crippen LogP contribution in [0.5, 0.6) is 11.5 Å². The van der Waals surface area contributed by atoms with Crippen LogP contribution in [-0.4, -0.2) is 45.5 Å². The molecule has 0 atom stereocenters. The Morgan fingerprint density at radius 3 is 2.44 bits per heavy atom. The number of nitrogens with one attached hydrogen (secondary N) is 2. The molecule has 25 heavy (non-hydrogen) atoms. The highest BCUT2D eigenvalue weighted by molar-refractivity contribution is 5.79. The van der Waals surface area contributed by atoms with Gasteiger partial charge in [0.2, 0.25) is 0 Å². The molecule has 1 aliphatic heterocycles. The van der Waals surface area contributed by atoms with E-state index in [4.69, 9.17) is 9.47 Å². The number of nitrogens with zero attached hydrogens (tertiary/aromatic N) is 1. The molecule has 8 heteroatoms. The SMILES string of the molecule is CN=C(NCCC(F)(F)F)NCC(C)(C)c1ccc2c(c1)OCCO2.